The molecule has 2 aromatic carbocycles. The van der Waals surface area contributed by atoms with Crippen LogP contribution in [0.25, 0.3) is 0 Å². The predicted octanol–water partition coefficient (Wildman–Crippen LogP) is 4.16. The van der Waals surface area contributed by atoms with Crippen molar-refractivity contribution in [3.8, 4) is 0 Å². The predicted molar refractivity (Wildman–Crippen MR) is 132 cm³/mol. The van der Waals surface area contributed by atoms with E-state index in [9.17, 15) is 14.4 Å². The number of carbonyl (C=O) groups is 3. The number of amides is 3. The van der Waals surface area contributed by atoms with Crippen LogP contribution in [0.2, 0.25) is 0 Å². The van der Waals surface area contributed by atoms with Gasteiger partial charge in [0.15, 0.2) is 0 Å². The van der Waals surface area contributed by atoms with Gasteiger partial charge in [-0.05, 0) is 62.2 Å². The Hall–Kier alpha value is -4.00. The lowest BCUT2D eigenvalue weighted by molar-refractivity contribution is -0.121. The standard InChI is InChI=1S/C27H28N4O3/c1-19-9-6-15-24(28-19)29-25(32)22-12-8-16-31(18-22)27(34)21-11-7-10-20(17-21)26(33)30(2)23-13-4-3-5-14-23/h3-7,9-11,13-15,17,22H,8,12,16,18H2,1-2H3,(H,28,29,32). The number of anilines is 2. The molecule has 1 aromatic heterocycles. The lowest BCUT2D eigenvalue weighted by Gasteiger charge is -2.32. The van der Waals surface area contributed by atoms with E-state index < -0.39 is 0 Å². The number of benzene rings is 2. The molecule has 7 heteroatoms. The molecule has 34 heavy (non-hydrogen) atoms. The van der Waals surface area contributed by atoms with Crippen LogP contribution in [0.4, 0.5) is 11.5 Å². The largest absolute Gasteiger partial charge is 0.338 e. The minimum absolute atomic E-state index is 0.135. The number of pyridine rings is 1. The van der Waals surface area contributed by atoms with Crippen LogP contribution in [0.3, 0.4) is 0 Å². The molecule has 1 saturated heterocycles. The molecule has 3 aromatic rings. The fourth-order valence-electron chi connectivity index (χ4n) is 4.15. The highest BCUT2D eigenvalue weighted by Gasteiger charge is 2.29. The molecule has 1 aliphatic heterocycles. The number of aryl methyl sites for hydroxylation is 1. The number of hydrogen-bond donors (Lipinski definition) is 1. The molecule has 1 N–H and O–H groups in total. The highest BCUT2D eigenvalue weighted by Crippen LogP contribution is 2.22. The number of likely N-dealkylation sites (tertiary alicyclic amines) is 1. The lowest BCUT2D eigenvalue weighted by atomic mass is 9.96. The maximum Gasteiger partial charge on any atom is 0.258 e. The fraction of sp³-hybridized carbons (Fsp3) is 0.259. The van der Waals surface area contributed by atoms with Gasteiger partial charge in [0.25, 0.3) is 11.8 Å². The summed E-state index contributed by atoms with van der Waals surface area (Å²) in [6, 6.07) is 21.6. The van der Waals surface area contributed by atoms with Gasteiger partial charge in [0.05, 0.1) is 5.92 Å². The molecule has 0 aliphatic carbocycles. The molecular weight excluding hydrogens is 428 g/mol. The molecule has 174 valence electrons. The van der Waals surface area contributed by atoms with Gasteiger partial charge in [-0.25, -0.2) is 4.98 Å². The zero-order valence-corrected chi connectivity index (χ0v) is 19.4. The van der Waals surface area contributed by atoms with E-state index in [2.05, 4.69) is 10.3 Å². The van der Waals surface area contributed by atoms with Crippen LogP contribution < -0.4 is 10.2 Å². The maximum absolute atomic E-state index is 13.2. The van der Waals surface area contributed by atoms with E-state index in [1.165, 1.54) is 0 Å². The van der Waals surface area contributed by atoms with E-state index in [0.717, 1.165) is 17.8 Å². The van der Waals surface area contributed by atoms with Gasteiger partial charge < -0.3 is 15.1 Å². The highest BCUT2D eigenvalue weighted by atomic mass is 16.2. The molecular formula is C27H28N4O3. The number of aromatic nitrogens is 1. The molecule has 4 rings (SSSR count). The molecule has 2 heterocycles. The van der Waals surface area contributed by atoms with Crippen molar-refractivity contribution in [3.63, 3.8) is 0 Å². The fourth-order valence-corrected chi connectivity index (χ4v) is 4.15. The molecule has 0 spiro atoms. The summed E-state index contributed by atoms with van der Waals surface area (Å²) < 4.78 is 0. The molecule has 1 aliphatic rings. The second-order valence-corrected chi connectivity index (χ2v) is 8.52. The van der Waals surface area contributed by atoms with Gasteiger partial charge in [-0.2, -0.15) is 0 Å². The van der Waals surface area contributed by atoms with Crippen molar-refractivity contribution >= 4 is 29.2 Å². The Balaban J connectivity index is 1.44. The van der Waals surface area contributed by atoms with Gasteiger partial charge in [-0.1, -0.05) is 30.3 Å². The van der Waals surface area contributed by atoms with Crippen LogP contribution in [0, 0.1) is 12.8 Å². The summed E-state index contributed by atoms with van der Waals surface area (Å²) in [7, 11) is 1.71. The average molecular weight is 457 g/mol. The SMILES string of the molecule is Cc1cccc(NC(=O)C2CCCN(C(=O)c3cccc(C(=O)N(C)c4ccccc4)c3)C2)n1. The molecule has 0 radical (unpaired) electrons. The van der Waals surface area contributed by atoms with Gasteiger partial charge in [0.2, 0.25) is 5.91 Å². The summed E-state index contributed by atoms with van der Waals surface area (Å²) in [6.45, 7) is 2.78. The molecule has 1 unspecified atom stereocenters. The Bertz CT molecular complexity index is 1200. The van der Waals surface area contributed by atoms with Gasteiger partial charge in [-0.15, -0.1) is 0 Å². The quantitative estimate of drug-likeness (QED) is 0.625. The monoisotopic (exact) mass is 456 g/mol. The number of carbonyl (C=O) groups excluding carboxylic acids is 3. The normalized spacial score (nSPS) is 15.5. The first-order valence-electron chi connectivity index (χ1n) is 11.4. The van der Waals surface area contributed by atoms with E-state index in [0.29, 0.717) is 36.5 Å². The smallest absolute Gasteiger partial charge is 0.258 e. The number of nitrogens with one attached hydrogen (secondary N) is 1. The number of hydrogen-bond acceptors (Lipinski definition) is 4. The Labute approximate surface area is 199 Å². The first-order valence-corrected chi connectivity index (χ1v) is 11.4. The van der Waals surface area contributed by atoms with E-state index in [4.69, 9.17) is 0 Å². The van der Waals surface area contributed by atoms with E-state index in [1.807, 2.05) is 49.4 Å². The summed E-state index contributed by atoms with van der Waals surface area (Å²) in [5.41, 5.74) is 2.48. The Morgan fingerprint density at radius 1 is 0.971 bits per heavy atom. The Morgan fingerprint density at radius 2 is 1.71 bits per heavy atom. The number of para-hydroxylation sites is 1. The lowest BCUT2D eigenvalue weighted by Crippen LogP contribution is -2.43. The summed E-state index contributed by atoms with van der Waals surface area (Å²) in [5, 5.41) is 2.87. The van der Waals surface area contributed by atoms with Gasteiger partial charge >= 0.3 is 0 Å². The topological polar surface area (TPSA) is 82.6 Å². The maximum atomic E-state index is 13.2. The van der Waals surface area contributed by atoms with E-state index >= 15 is 0 Å². The van der Waals surface area contributed by atoms with Crippen molar-refractivity contribution < 1.29 is 14.4 Å². The molecule has 7 nitrogen and oxygen atoms in total. The van der Waals surface area contributed by atoms with Crippen molar-refractivity contribution in [1.82, 2.24) is 9.88 Å². The highest BCUT2D eigenvalue weighted by molar-refractivity contribution is 6.07. The summed E-state index contributed by atoms with van der Waals surface area (Å²) >= 11 is 0. The van der Waals surface area contributed by atoms with Crippen molar-refractivity contribution in [2.45, 2.75) is 19.8 Å². The van der Waals surface area contributed by atoms with Crippen LogP contribution in [0.1, 0.15) is 39.3 Å². The van der Waals surface area contributed by atoms with Crippen LogP contribution in [0.5, 0.6) is 0 Å². The second kappa shape index (κ2) is 10.3. The van der Waals surface area contributed by atoms with Gasteiger partial charge in [0.1, 0.15) is 5.82 Å². The van der Waals surface area contributed by atoms with Crippen LogP contribution in [0.15, 0.2) is 72.8 Å². The molecule has 1 atom stereocenters. The van der Waals surface area contributed by atoms with E-state index in [-0.39, 0.29) is 23.6 Å². The second-order valence-electron chi connectivity index (χ2n) is 8.52. The molecule has 0 bridgehead atoms. The summed E-state index contributed by atoms with van der Waals surface area (Å²) in [6.07, 6.45) is 1.45. The summed E-state index contributed by atoms with van der Waals surface area (Å²) in [5.74, 6) is -0.300. The van der Waals surface area contributed by atoms with Crippen LogP contribution in [-0.4, -0.2) is 47.7 Å². The third kappa shape index (κ3) is 5.31. The van der Waals surface area contributed by atoms with Crippen LogP contribution >= 0.6 is 0 Å². The van der Waals surface area contributed by atoms with Gasteiger partial charge in [-0.3, -0.25) is 14.4 Å². The molecule has 1 fully saturated rings. The molecule has 0 saturated carbocycles. The Morgan fingerprint density at radius 3 is 2.47 bits per heavy atom. The van der Waals surface area contributed by atoms with Gasteiger partial charge in [0, 0.05) is 42.6 Å². The minimum atomic E-state index is -0.311. The zero-order valence-electron chi connectivity index (χ0n) is 19.4. The zero-order chi connectivity index (χ0) is 24.1. The first-order chi connectivity index (χ1) is 16.4. The van der Waals surface area contributed by atoms with Crippen molar-refractivity contribution in [1.29, 1.82) is 0 Å². The third-order valence-corrected chi connectivity index (χ3v) is 6.02. The number of piperidine rings is 1. The molecule has 3 amide bonds. The average Bonchev–Trinajstić information content (AvgIpc) is 2.88. The Kier molecular flexibility index (Phi) is 7.01. The van der Waals surface area contributed by atoms with E-state index in [1.54, 1.807) is 47.2 Å². The number of nitrogens with zero attached hydrogens (tertiary/aromatic N) is 3. The third-order valence-electron chi connectivity index (χ3n) is 6.02. The minimum Gasteiger partial charge on any atom is -0.338 e. The van der Waals surface area contributed by atoms with Crippen molar-refractivity contribution in [3.05, 3.63) is 89.6 Å². The van der Waals surface area contributed by atoms with Crippen molar-refractivity contribution in [2.24, 2.45) is 5.92 Å². The van der Waals surface area contributed by atoms with Crippen molar-refractivity contribution in [2.75, 3.05) is 30.4 Å². The number of rotatable bonds is 5. The first kappa shape index (κ1) is 23.2. The summed E-state index contributed by atoms with van der Waals surface area (Å²) in [4.78, 5) is 46.6. The van der Waals surface area contributed by atoms with Crippen LogP contribution in [-0.2, 0) is 4.79 Å².